The standard InChI is InChI=1S/C14H28N2O/c1-11(2)7-10-15-13(17)12(3)16-14(4)8-5-6-9-14/h11-12,16H,5-10H2,1-4H3,(H,15,17). The summed E-state index contributed by atoms with van der Waals surface area (Å²) in [7, 11) is 0. The molecule has 100 valence electrons. The van der Waals surface area contributed by atoms with E-state index in [0.29, 0.717) is 5.92 Å². The van der Waals surface area contributed by atoms with E-state index in [1.807, 2.05) is 6.92 Å². The zero-order valence-corrected chi connectivity index (χ0v) is 11.8. The van der Waals surface area contributed by atoms with Crippen LogP contribution in [0.15, 0.2) is 0 Å². The summed E-state index contributed by atoms with van der Waals surface area (Å²) in [6, 6.07) is -0.0785. The van der Waals surface area contributed by atoms with Crippen molar-refractivity contribution in [2.24, 2.45) is 5.92 Å². The van der Waals surface area contributed by atoms with E-state index in [1.54, 1.807) is 0 Å². The summed E-state index contributed by atoms with van der Waals surface area (Å²) in [6.45, 7) is 9.34. The fourth-order valence-electron chi connectivity index (χ4n) is 2.53. The van der Waals surface area contributed by atoms with Gasteiger partial charge >= 0.3 is 0 Å². The quantitative estimate of drug-likeness (QED) is 0.749. The molecule has 1 aliphatic carbocycles. The summed E-state index contributed by atoms with van der Waals surface area (Å²) in [5.74, 6) is 0.782. The highest BCUT2D eigenvalue weighted by Crippen LogP contribution is 2.29. The lowest BCUT2D eigenvalue weighted by atomic mass is 9.99. The number of carbonyl (C=O) groups excluding carboxylic acids is 1. The summed E-state index contributed by atoms with van der Waals surface area (Å²) in [4.78, 5) is 11.9. The molecule has 0 bridgehead atoms. The van der Waals surface area contributed by atoms with Gasteiger partial charge in [-0.2, -0.15) is 0 Å². The molecule has 1 atom stereocenters. The van der Waals surface area contributed by atoms with E-state index < -0.39 is 0 Å². The predicted octanol–water partition coefficient (Wildman–Crippen LogP) is 2.46. The van der Waals surface area contributed by atoms with Gasteiger partial charge in [-0.05, 0) is 39.0 Å². The topological polar surface area (TPSA) is 41.1 Å². The Kier molecular flexibility index (Phi) is 5.44. The first-order valence-corrected chi connectivity index (χ1v) is 6.98. The molecule has 17 heavy (non-hydrogen) atoms. The Morgan fingerprint density at radius 1 is 1.24 bits per heavy atom. The zero-order chi connectivity index (χ0) is 12.9. The molecule has 0 aromatic heterocycles. The van der Waals surface area contributed by atoms with Crippen molar-refractivity contribution in [2.75, 3.05) is 6.54 Å². The fraction of sp³-hybridized carbons (Fsp3) is 0.929. The smallest absolute Gasteiger partial charge is 0.236 e. The van der Waals surface area contributed by atoms with E-state index in [9.17, 15) is 4.79 Å². The van der Waals surface area contributed by atoms with Crippen molar-refractivity contribution in [3.8, 4) is 0 Å². The van der Waals surface area contributed by atoms with Gasteiger partial charge in [-0.25, -0.2) is 0 Å². The normalized spacial score (nSPS) is 20.5. The maximum Gasteiger partial charge on any atom is 0.236 e. The molecule has 1 amide bonds. The van der Waals surface area contributed by atoms with Gasteiger partial charge in [0.25, 0.3) is 0 Å². The number of amides is 1. The van der Waals surface area contributed by atoms with Gasteiger partial charge in [0.1, 0.15) is 0 Å². The van der Waals surface area contributed by atoms with Crippen molar-refractivity contribution in [1.29, 1.82) is 0 Å². The molecular weight excluding hydrogens is 212 g/mol. The molecule has 0 heterocycles. The molecule has 0 spiro atoms. The summed E-state index contributed by atoms with van der Waals surface area (Å²) >= 11 is 0. The van der Waals surface area contributed by atoms with Crippen LogP contribution in [0.25, 0.3) is 0 Å². The maximum atomic E-state index is 11.9. The van der Waals surface area contributed by atoms with Gasteiger partial charge in [0.05, 0.1) is 6.04 Å². The average Bonchev–Trinajstić information content (AvgIpc) is 2.64. The van der Waals surface area contributed by atoms with Crippen LogP contribution in [-0.2, 0) is 4.79 Å². The second kappa shape index (κ2) is 6.39. The maximum absolute atomic E-state index is 11.9. The number of nitrogens with one attached hydrogen (secondary N) is 2. The SMILES string of the molecule is CC(C)CCNC(=O)C(C)NC1(C)CCCC1. The molecule has 3 heteroatoms. The van der Waals surface area contributed by atoms with Gasteiger partial charge in [0.2, 0.25) is 5.91 Å². The molecule has 1 fully saturated rings. The molecule has 1 rings (SSSR count). The molecule has 0 aromatic rings. The monoisotopic (exact) mass is 240 g/mol. The summed E-state index contributed by atoms with van der Waals surface area (Å²) < 4.78 is 0. The Labute approximate surface area is 106 Å². The van der Waals surface area contributed by atoms with Crippen LogP contribution in [0.1, 0.15) is 59.8 Å². The first-order chi connectivity index (χ1) is 7.93. The Morgan fingerprint density at radius 2 is 1.82 bits per heavy atom. The molecule has 0 radical (unpaired) electrons. The largest absolute Gasteiger partial charge is 0.355 e. The van der Waals surface area contributed by atoms with Crippen molar-refractivity contribution in [1.82, 2.24) is 10.6 Å². The predicted molar refractivity (Wildman–Crippen MR) is 71.9 cm³/mol. The average molecular weight is 240 g/mol. The molecule has 3 nitrogen and oxygen atoms in total. The van der Waals surface area contributed by atoms with Gasteiger partial charge in [0, 0.05) is 12.1 Å². The van der Waals surface area contributed by atoms with Crippen LogP contribution in [0.3, 0.4) is 0 Å². The van der Waals surface area contributed by atoms with Gasteiger partial charge < -0.3 is 10.6 Å². The lowest BCUT2D eigenvalue weighted by Crippen LogP contribution is -2.51. The van der Waals surface area contributed by atoms with Crippen LogP contribution >= 0.6 is 0 Å². The summed E-state index contributed by atoms with van der Waals surface area (Å²) in [5.41, 5.74) is 0.175. The third-order valence-electron chi connectivity index (χ3n) is 3.69. The molecule has 1 aliphatic rings. The van der Waals surface area contributed by atoms with Crippen LogP contribution < -0.4 is 10.6 Å². The minimum atomic E-state index is -0.0785. The highest BCUT2D eigenvalue weighted by Gasteiger charge is 2.31. The van der Waals surface area contributed by atoms with Crippen LogP contribution in [0.2, 0.25) is 0 Å². The van der Waals surface area contributed by atoms with E-state index in [-0.39, 0.29) is 17.5 Å². The molecule has 0 aliphatic heterocycles. The fourth-order valence-corrected chi connectivity index (χ4v) is 2.53. The van der Waals surface area contributed by atoms with Gasteiger partial charge in [-0.15, -0.1) is 0 Å². The zero-order valence-electron chi connectivity index (χ0n) is 11.8. The second-order valence-corrected chi connectivity index (χ2v) is 6.11. The van der Waals surface area contributed by atoms with Crippen LogP contribution in [-0.4, -0.2) is 24.0 Å². The number of rotatable bonds is 6. The van der Waals surface area contributed by atoms with E-state index >= 15 is 0 Å². The lowest BCUT2D eigenvalue weighted by molar-refractivity contribution is -0.123. The molecule has 2 N–H and O–H groups in total. The van der Waals surface area contributed by atoms with Gasteiger partial charge in [-0.3, -0.25) is 4.79 Å². The highest BCUT2D eigenvalue weighted by atomic mass is 16.2. The minimum Gasteiger partial charge on any atom is -0.355 e. The number of carbonyl (C=O) groups is 1. The Morgan fingerprint density at radius 3 is 2.35 bits per heavy atom. The second-order valence-electron chi connectivity index (χ2n) is 6.11. The number of hydrogen-bond acceptors (Lipinski definition) is 2. The molecule has 1 saturated carbocycles. The van der Waals surface area contributed by atoms with Gasteiger partial charge in [-0.1, -0.05) is 26.7 Å². The Hall–Kier alpha value is -0.570. The van der Waals surface area contributed by atoms with Crippen LogP contribution in [0.5, 0.6) is 0 Å². The Bertz CT molecular complexity index is 245. The van der Waals surface area contributed by atoms with E-state index in [0.717, 1.165) is 13.0 Å². The molecule has 0 saturated heterocycles. The Balaban J connectivity index is 2.26. The third kappa shape index (κ3) is 5.07. The molecular formula is C14H28N2O. The van der Waals surface area contributed by atoms with Crippen molar-refractivity contribution in [3.63, 3.8) is 0 Å². The highest BCUT2D eigenvalue weighted by molar-refractivity contribution is 5.81. The van der Waals surface area contributed by atoms with E-state index in [2.05, 4.69) is 31.4 Å². The van der Waals surface area contributed by atoms with Crippen molar-refractivity contribution in [2.45, 2.75) is 71.4 Å². The van der Waals surface area contributed by atoms with Crippen molar-refractivity contribution in [3.05, 3.63) is 0 Å². The molecule has 0 aromatic carbocycles. The van der Waals surface area contributed by atoms with E-state index in [4.69, 9.17) is 0 Å². The van der Waals surface area contributed by atoms with Crippen LogP contribution in [0.4, 0.5) is 0 Å². The molecule has 1 unspecified atom stereocenters. The van der Waals surface area contributed by atoms with E-state index in [1.165, 1.54) is 25.7 Å². The first-order valence-electron chi connectivity index (χ1n) is 6.98. The third-order valence-corrected chi connectivity index (χ3v) is 3.69. The minimum absolute atomic E-state index is 0.0785. The van der Waals surface area contributed by atoms with Crippen LogP contribution in [0, 0.1) is 5.92 Å². The first kappa shape index (κ1) is 14.5. The number of hydrogen-bond donors (Lipinski definition) is 2. The van der Waals surface area contributed by atoms with Gasteiger partial charge in [0.15, 0.2) is 0 Å². The summed E-state index contributed by atoms with van der Waals surface area (Å²) in [5, 5.41) is 6.48. The van der Waals surface area contributed by atoms with Crippen molar-refractivity contribution >= 4 is 5.91 Å². The summed E-state index contributed by atoms with van der Waals surface area (Å²) in [6.07, 6.45) is 6.00. The van der Waals surface area contributed by atoms with Crippen molar-refractivity contribution < 1.29 is 4.79 Å². The lowest BCUT2D eigenvalue weighted by Gasteiger charge is -2.29.